The third kappa shape index (κ3) is 8.27. The number of hydrogen-bond acceptors (Lipinski definition) is 4. The summed E-state index contributed by atoms with van der Waals surface area (Å²) in [4.78, 5) is 10.00. The van der Waals surface area contributed by atoms with Gasteiger partial charge in [0.15, 0.2) is 8.07 Å². The van der Waals surface area contributed by atoms with Crippen molar-refractivity contribution in [1.29, 1.82) is 0 Å². The number of rotatable bonds is 9. The lowest BCUT2D eigenvalue weighted by Gasteiger charge is -2.35. The fraction of sp³-hybridized carbons (Fsp3) is 0.197. The minimum atomic E-state index is -2.95. The number of pyridine rings is 1. The number of para-hydroxylation sites is 2. The van der Waals surface area contributed by atoms with E-state index in [2.05, 4.69) is 283 Å². The van der Waals surface area contributed by atoms with Crippen molar-refractivity contribution in [3.05, 3.63) is 229 Å². The largest absolute Gasteiger partial charge is 0.457 e. The number of nitrogens with zero attached hydrogens (tertiary/aromatic N) is 4. The van der Waals surface area contributed by atoms with Crippen molar-refractivity contribution in [1.82, 2.24) is 9.55 Å². The number of aromatic nitrogens is 2. The molecular formula is C66H64N4OSi. The predicted octanol–water partition coefficient (Wildman–Crippen LogP) is 14.5. The predicted molar refractivity (Wildman–Crippen MR) is 307 cm³/mol. The molecule has 0 atom stereocenters. The van der Waals surface area contributed by atoms with Crippen LogP contribution in [-0.4, -0.2) is 24.3 Å². The summed E-state index contributed by atoms with van der Waals surface area (Å²) in [5.41, 5.74) is 10.6. The van der Waals surface area contributed by atoms with E-state index in [1.807, 2.05) is 6.20 Å². The maximum Gasteiger partial charge on any atom is 0.180 e. The molecule has 3 heterocycles. The molecule has 10 aromatic rings. The smallest absolute Gasteiger partial charge is 0.180 e. The highest BCUT2D eigenvalue weighted by Gasteiger charge is 2.43. The van der Waals surface area contributed by atoms with Crippen LogP contribution < -0.4 is 35.3 Å². The van der Waals surface area contributed by atoms with E-state index in [1.165, 1.54) is 59.9 Å². The summed E-state index contributed by atoms with van der Waals surface area (Å²) in [7, 11) is -2.95. The Morgan fingerprint density at radius 2 is 0.958 bits per heavy atom. The van der Waals surface area contributed by atoms with Crippen LogP contribution in [0.2, 0.25) is 0 Å². The van der Waals surface area contributed by atoms with Crippen LogP contribution in [0.5, 0.6) is 11.5 Å². The lowest BCUT2D eigenvalue weighted by Crippen LogP contribution is -2.74. The van der Waals surface area contributed by atoms with Crippen molar-refractivity contribution < 1.29 is 4.74 Å². The summed E-state index contributed by atoms with van der Waals surface area (Å²) in [6, 6.07) is 76.0. The zero-order chi connectivity index (χ0) is 50.0. The molecule has 0 bridgehead atoms. The summed E-state index contributed by atoms with van der Waals surface area (Å²) < 4.78 is 9.36. The summed E-state index contributed by atoms with van der Waals surface area (Å²) in [5.74, 6) is 2.41. The van der Waals surface area contributed by atoms with E-state index < -0.39 is 8.07 Å². The van der Waals surface area contributed by atoms with E-state index in [-0.39, 0.29) is 16.2 Å². The highest BCUT2D eigenvalue weighted by Crippen LogP contribution is 2.47. The Labute approximate surface area is 427 Å². The van der Waals surface area contributed by atoms with Gasteiger partial charge in [-0.15, -0.1) is 0 Å². The zero-order valence-electron chi connectivity index (χ0n) is 43.1. The third-order valence-electron chi connectivity index (χ3n) is 14.7. The van der Waals surface area contributed by atoms with Crippen molar-refractivity contribution in [2.24, 2.45) is 0 Å². The molecule has 1 aliphatic heterocycles. The molecule has 0 spiro atoms. The second-order valence-corrected chi connectivity index (χ2v) is 26.3. The van der Waals surface area contributed by atoms with Gasteiger partial charge in [-0.1, -0.05) is 190 Å². The zero-order valence-corrected chi connectivity index (χ0v) is 44.1. The second kappa shape index (κ2) is 17.9. The van der Waals surface area contributed by atoms with Crippen LogP contribution in [0.3, 0.4) is 0 Å². The van der Waals surface area contributed by atoms with Crippen molar-refractivity contribution in [3.63, 3.8) is 0 Å². The fourth-order valence-electron chi connectivity index (χ4n) is 10.8. The molecule has 0 aliphatic carbocycles. The van der Waals surface area contributed by atoms with Gasteiger partial charge in [0, 0.05) is 40.5 Å². The Bertz CT molecular complexity index is 3470. The van der Waals surface area contributed by atoms with Crippen molar-refractivity contribution in [2.75, 3.05) is 16.5 Å². The van der Waals surface area contributed by atoms with E-state index in [0.29, 0.717) is 6.67 Å². The Morgan fingerprint density at radius 3 is 1.53 bits per heavy atom. The van der Waals surface area contributed by atoms with E-state index in [1.54, 1.807) is 0 Å². The summed E-state index contributed by atoms with van der Waals surface area (Å²) in [5, 5.41) is 7.72. The van der Waals surface area contributed by atoms with E-state index >= 15 is 0 Å². The topological polar surface area (TPSA) is 33.5 Å². The number of ether oxygens (including phenoxy) is 1. The highest BCUT2D eigenvalue weighted by atomic mass is 28.3. The molecule has 6 heteroatoms. The first kappa shape index (κ1) is 46.7. The Balaban J connectivity index is 1.06. The molecule has 0 unspecified atom stereocenters. The van der Waals surface area contributed by atoms with Crippen LogP contribution in [0.4, 0.5) is 22.7 Å². The standard InChI is InChI=1S/C66H64N4OSi/c1-64(2,3)46-37-38-67-62(42-46)70-59-33-22-34-61(72(53-25-13-10-14-26-53,54-27-15-11-16-28-54)55-29-17-12-18-30-55)63(59)56-36-35-52(44-60(56)70)71-51-24-21-23-49(43-51)68-45-69(58-32-20-19-31-57(58)68)50-40-47(65(4,5)6)39-48(41-50)66(7,8)9/h10-44H,45H2,1-9H3. The molecule has 0 saturated carbocycles. The molecule has 2 aromatic heterocycles. The molecule has 11 rings (SSSR count). The SMILES string of the molecule is CC(C)(C)c1cc(N2CN(c3cccc(Oc4ccc5c6c([Si](c7ccccc7)(c7ccccc7)c7ccccc7)cccc6n(-c6cc(C(C)(C)C)ccn6)c5c4)c3)c3ccccc32)cc(C(C)(C)C)c1. The number of fused-ring (bicyclic) bond motifs is 4. The molecule has 0 saturated heterocycles. The fourth-order valence-corrected chi connectivity index (χ4v) is 15.8. The number of benzene rings is 8. The molecule has 5 nitrogen and oxygen atoms in total. The molecule has 0 radical (unpaired) electrons. The Hall–Kier alpha value is -7.67. The van der Waals surface area contributed by atoms with Crippen LogP contribution >= 0.6 is 0 Å². The molecule has 8 aromatic carbocycles. The third-order valence-corrected chi connectivity index (χ3v) is 19.5. The van der Waals surface area contributed by atoms with Crippen LogP contribution in [-0.2, 0) is 16.2 Å². The molecule has 0 fully saturated rings. The van der Waals surface area contributed by atoms with Gasteiger partial charge in [-0.05, 0) is 120 Å². The van der Waals surface area contributed by atoms with Crippen molar-refractivity contribution >= 4 is 73.4 Å². The summed E-state index contributed by atoms with van der Waals surface area (Å²) >= 11 is 0. The summed E-state index contributed by atoms with van der Waals surface area (Å²) in [6.45, 7) is 21.3. The van der Waals surface area contributed by atoms with Gasteiger partial charge in [0.2, 0.25) is 0 Å². The Kier molecular flexibility index (Phi) is 11.6. The van der Waals surface area contributed by atoms with Gasteiger partial charge in [0.25, 0.3) is 0 Å². The van der Waals surface area contributed by atoms with Crippen LogP contribution in [0, 0.1) is 0 Å². The minimum absolute atomic E-state index is 0.00600. The molecular weight excluding hydrogens is 893 g/mol. The first-order valence-corrected chi connectivity index (χ1v) is 27.4. The minimum Gasteiger partial charge on any atom is -0.457 e. The molecule has 0 N–H and O–H groups in total. The molecule has 358 valence electrons. The van der Waals surface area contributed by atoms with Gasteiger partial charge in [0.05, 0.1) is 22.4 Å². The Morgan fingerprint density at radius 1 is 0.431 bits per heavy atom. The molecule has 72 heavy (non-hydrogen) atoms. The quantitative estimate of drug-likeness (QED) is 0.107. The lowest BCUT2D eigenvalue weighted by atomic mass is 9.80. The maximum atomic E-state index is 7.00. The van der Waals surface area contributed by atoms with Crippen molar-refractivity contribution in [3.8, 4) is 17.3 Å². The first-order chi connectivity index (χ1) is 34.6. The molecule has 0 amide bonds. The molecule has 1 aliphatic rings. The van der Waals surface area contributed by atoms with Crippen LogP contribution in [0.15, 0.2) is 212 Å². The van der Waals surface area contributed by atoms with E-state index in [4.69, 9.17) is 9.72 Å². The van der Waals surface area contributed by atoms with Gasteiger partial charge in [-0.2, -0.15) is 0 Å². The van der Waals surface area contributed by atoms with Gasteiger partial charge in [-0.25, -0.2) is 4.98 Å². The van der Waals surface area contributed by atoms with Gasteiger partial charge in [0.1, 0.15) is 24.0 Å². The van der Waals surface area contributed by atoms with Crippen LogP contribution in [0.1, 0.15) is 79.0 Å². The second-order valence-electron chi connectivity index (χ2n) is 22.6. The number of hydrogen-bond donors (Lipinski definition) is 0. The van der Waals surface area contributed by atoms with Gasteiger partial charge >= 0.3 is 0 Å². The van der Waals surface area contributed by atoms with Crippen molar-refractivity contribution in [2.45, 2.75) is 78.6 Å². The normalized spacial score (nSPS) is 13.2. The van der Waals surface area contributed by atoms with E-state index in [9.17, 15) is 0 Å². The highest BCUT2D eigenvalue weighted by molar-refractivity contribution is 7.20. The maximum absolute atomic E-state index is 7.00. The van der Waals surface area contributed by atoms with Gasteiger partial charge in [-0.3, -0.25) is 4.57 Å². The monoisotopic (exact) mass is 956 g/mol. The first-order valence-electron chi connectivity index (χ1n) is 25.4. The van der Waals surface area contributed by atoms with Crippen LogP contribution in [0.25, 0.3) is 27.6 Å². The summed E-state index contributed by atoms with van der Waals surface area (Å²) in [6.07, 6.45) is 1.96. The van der Waals surface area contributed by atoms with Gasteiger partial charge < -0.3 is 14.5 Å². The number of anilines is 4. The lowest BCUT2D eigenvalue weighted by molar-refractivity contribution is 0.483. The average molecular weight is 957 g/mol. The average Bonchev–Trinajstić information content (AvgIpc) is 3.93. The van der Waals surface area contributed by atoms with E-state index in [0.717, 1.165) is 39.4 Å².